The second-order valence-corrected chi connectivity index (χ2v) is 6.09. The van der Waals surface area contributed by atoms with Gasteiger partial charge in [-0.05, 0) is 38.1 Å². The molecule has 8 nitrogen and oxygen atoms in total. The van der Waals surface area contributed by atoms with E-state index < -0.39 is 6.09 Å². The molecule has 0 fully saturated rings. The number of rotatable bonds is 11. The molecular formula is C19H34IN5O3. The summed E-state index contributed by atoms with van der Waals surface area (Å²) in [5.74, 6) is 0.791. The number of aliphatic imine (C=N–C) groups is 1. The summed E-state index contributed by atoms with van der Waals surface area (Å²) in [6, 6.07) is 7.53. The fourth-order valence-electron chi connectivity index (χ4n) is 2.33. The molecule has 0 aliphatic rings. The second kappa shape index (κ2) is 16.4. The van der Waals surface area contributed by atoms with E-state index in [1.807, 2.05) is 31.2 Å². The summed E-state index contributed by atoms with van der Waals surface area (Å²) < 4.78 is 9.65. The van der Waals surface area contributed by atoms with Gasteiger partial charge in [0.1, 0.15) is 0 Å². The highest BCUT2D eigenvalue weighted by Crippen LogP contribution is 2.10. The first kappa shape index (κ1) is 26.4. The number of nitrogens with one attached hydrogen (secondary N) is 3. The standard InChI is InChI=1S/C19H33N5O3.HI/c1-5-20-18(21-11-13-24(2)12-6-14-26-3)22-15-16-7-9-17(10-8-16)23-19(25)27-4;/h7-10H,5-6,11-15H2,1-4H3,(H,23,25)(H2,20,21,22);1H. The molecule has 0 aliphatic heterocycles. The number of carbonyl (C=O) groups is 1. The highest BCUT2D eigenvalue weighted by molar-refractivity contribution is 14.0. The van der Waals surface area contributed by atoms with Crippen molar-refractivity contribution >= 4 is 41.7 Å². The summed E-state index contributed by atoms with van der Waals surface area (Å²) in [4.78, 5) is 18.1. The average molecular weight is 507 g/mol. The van der Waals surface area contributed by atoms with Gasteiger partial charge in [-0.2, -0.15) is 0 Å². The first-order valence-corrected chi connectivity index (χ1v) is 9.22. The predicted octanol–water partition coefficient (Wildman–Crippen LogP) is 2.51. The zero-order chi connectivity index (χ0) is 19.9. The number of benzene rings is 1. The molecule has 0 unspecified atom stereocenters. The molecule has 0 atom stereocenters. The zero-order valence-corrected chi connectivity index (χ0v) is 19.6. The number of hydrogen-bond donors (Lipinski definition) is 3. The molecule has 3 N–H and O–H groups in total. The van der Waals surface area contributed by atoms with Gasteiger partial charge in [0.2, 0.25) is 0 Å². The smallest absolute Gasteiger partial charge is 0.411 e. The number of carbonyl (C=O) groups excluding carboxylic acids is 1. The van der Waals surface area contributed by atoms with E-state index in [4.69, 9.17) is 4.74 Å². The van der Waals surface area contributed by atoms with Crippen molar-refractivity contribution in [2.24, 2.45) is 4.99 Å². The number of anilines is 1. The summed E-state index contributed by atoms with van der Waals surface area (Å²) in [6.45, 7) is 6.95. The van der Waals surface area contributed by atoms with E-state index in [9.17, 15) is 4.79 Å². The Hall–Kier alpha value is -1.59. The van der Waals surface area contributed by atoms with Crippen molar-refractivity contribution in [1.82, 2.24) is 15.5 Å². The third-order valence-corrected chi connectivity index (χ3v) is 3.82. The molecule has 1 aromatic carbocycles. The van der Waals surface area contributed by atoms with E-state index in [2.05, 4.69) is 37.6 Å². The van der Waals surface area contributed by atoms with E-state index in [-0.39, 0.29) is 24.0 Å². The van der Waals surface area contributed by atoms with Crippen molar-refractivity contribution in [1.29, 1.82) is 0 Å². The minimum Gasteiger partial charge on any atom is -0.453 e. The third kappa shape index (κ3) is 12.0. The molecule has 9 heteroatoms. The Labute approximate surface area is 185 Å². The van der Waals surface area contributed by atoms with E-state index in [0.29, 0.717) is 12.2 Å². The van der Waals surface area contributed by atoms with Crippen LogP contribution in [0, 0.1) is 0 Å². The van der Waals surface area contributed by atoms with Gasteiger partial charge in [-0.25, -0.2) is 9.79 Å². The van der Waals surface area contributed by atoms with Gasteiger partial charge in [-0.15, -0.1) is 24.0 Å². The molecule has 1 rings (SSSR count). The number of halogens is 1. The normalized spacial score (nSPS) is 11.0. The van der Waals surface area contributed by atoms with Crippen molar-refractivity contribution in [3.63, 3.8) is 0 Å². The molecule has 0 spiro atoms. The van der Waals surface area contributed by atoms with E-state index in [0.717, 1.165) is 50.7 Å². The zero-order valence-electron chi connectivity index (χ0n) is 17.3. The molecule has 0 bridgehead atoms. The highest BCUT2D eigenvalue weighted by atomic mass is 127. The molecule has 0 saturated heterocycles. The predicted molar refractivity (Wildman–Crippen MR) is 125 cm³/mol. The van der Waals surface area contributed by atoms with Crippen LogP contribution in [0.2, 0.25) is 0 Å². The van der Waals surface area contributed by atoms with Crippen LogP contribution in [0.15, 0.2) is 29.3 Å². The maximum absolute atomic E-state index is 11.2. The molecule has 0 aromatic heterocycles. The van der Waals surface area contributed by atoms with Crippen LogP contribution in [0.5, 0.6) is 0 Å². The van der Waals surface area contributed by atoms with Gasteiger partial charge in [0, 0.05) is 45.6 Å². The average Bonchev–Trinajstić information content (AvgIpc) is 2.67. The lowest BCUT2D eigenvalue weighted by atomic mass is 10.2. The SMILES string of the molecule is CCNC(=NCc1ccc(NC(=O)OC)cc1)NCCN(C)CCCOC.I. The van der Waals surface area contributed by atoms with Crippen molar-refractivity contribution in [3.8, 4) is 0 Å². The Kier molecular flexibility index (Phi) is 15.4. The number of guanidine groups is 1. The van der Waals surface area contributed by atoms with Gasteiger partial charge in [0.25, 0.3) is 0 Å². The third-order valence-electron chi connectivity index (χ3n) is 3.82. The van der Waals surface area contributed by atoms with Gasteiger partial charge in [-0.3, -0.25) is 5.32 Å². The Bertz CT molecular complexity index is 569. The fraction of sp³-hybridized carbons (Fsp3) is 0.579. The minimum absolute atomic E-state index is 0. The molecule has 0 saturated carbocycles. The number of hydrogen-bond acceptors (Lipinski definition) is 5. The first-order chi connectivity index (χ1) is 13.1. The summed E-state index contributed by atoms with van der Waals surface area (Å²) in [7, 11) is 5.17. The maximum atomic E-state index is 11.2. The molecule has 28 heavy (non-hydrogen) atoms. The highest BCUT2D eigenvalue weighted by Gasteiger charge is 2.02. The summed E-state index contributed by atoms with van der Waals surface area (Å²) in [6.07, 6.45) is 0.550. The first-order valence-electron chi connectivity index (χ1n) is 9.22. The second-order valence-electron chi connectivity index (χ2n) is 6.09. The van der Waals surface area contributed by atoms with Crippen LogP contribution >= 0.6 is 24.0 Å². The van der Waals surface area contributed by atoms with Crippen LogP contribution in [-0.4, -0.2) is 71.0 Å². The fourth-order valence-corrected chi connectivity index (χ4v) is 2.33. The lowest BCUT2D eigenvalue weighted by Crippen LogP contribution is -2.41. The van der Waals surface area contributed by atoms with Crippen LogP contribution in [0.25, 0.3) is 0 Å². The van der Waals surface area contributed by atoms with Gasteiger partial charge in [-0.1, -0.05) is 12.1 Å². The van der Waals surface area contributed by atoms with E-state index in [1.165, 1.54) is 7.11 Å². The molecule has 0 heterocycles. The topological polar surface area (TPSA) is 87.2 Å². The number of nitrogens with zero attached hydrogens (tertiary/aromatic N) is 2. The Morgan fingerprint density at radius 2 is 1.86 bits per heavy atom. The van der Waals surface area contributed by atoms with Crippen molar-refractivity contribution in [2.75, 3.05) is 59.4 Å². The van der Waals surface area contributed by atoms with Crippen LogP contribution < -0.4 is 16.0 Å². The van der Waals surface area contributed by atoms with Crippen LogP contribution in [0.1, 0.15) is 18.9 Å². The van der Waals surface area contributed by atoms with Crippen LogP contribution in [0.3, 0.4) is 0 Å². The maximum Gasteiger partial charge on any atom is 0.411 e. The molecule has 1 aromatic rings. The van der Waals surface area contributed by atoms with Gasteiger partial charge in [0.15, 0.2) is 5.96 Å². The Morgan fingerprint density at radius 3 is 2.46 bits per heavy atom. The van der Waals surface area contributed by atoms with Gasteiger partial charge >= 0.3 is 6.09 Å². The van der Waals surface area contributed by atoms with E-state index >= 15 is 0 Å². The monoisotopic (exact) mass is 507 g/mol. The summed E-state index contributed by atoms with van der Waals surface area (Å²) >= 11 is 0. The molecule has 0 aliphatic carbocycles. The Morgan fingerprint density at radius 1 is 1.14 bits per heavy atom. The largest absolute Gasteiger partial charge is 0.453 e. The van der Waals surface area contributed by atoms with Crippen LogP contribution in [-0.2, 0) is 16.0 Å². The molecule has 0 radical (unpaired) electrons. The quantitative estimate of drug-likeness (QED) is 0.185. The number of likely N-dealkylation sites (N-methyl/N-ethyl adjacent to an activating group) is 1. The van der Waals surface area contributed by atoms with Crippen molar-refractivity contribution < 1.29 is 14.3 Å². The summed E-state index contributed by atoms with van der Waals surface area (Å²) in [5.41, 5.74) is 1.75. The summed E-state index contributed by atoms with van der Waals surface area (Å²) in [5, 5.41) is 9.23. The molecular weight excluding hydrogens is 473 g/mol. The lowest BCUT2D eigenvalue weighted by Gasteiger charge is -2.18. The number of ether oxygens (including phenoxy) is 2. The van der Waals surface area contributed by atoms with E-state index in [1.54, 1.807) is 7.11 Å². The molecule has 1 amide bonds. The Balaban J connectivity index is 0.00000729. The van der Waals surface area contributed by atoms with Crippen LogP contribution in [0.4, 0.5) is 10.5 Å². The number of methoxy groups -OCH3 is 2. The van der Waals surface area contributed by atoms with Gasteiger partial charge in [0.05, 0.1) is 13.7 Å². The lowest BCUT2D eigenvalue weighted by molar-refractivity contribution is 0.180. The van der Waals surface area contributed by atoms with Gasteiger partial charge < -0.3 is 25.0 Å². The van der Waals surface area contributed by atoms with Crippen molar-refractivity contribution in [2.45, 2.75) is 19.9 Å². The molecule has 160 valence electrons. The number of amides is 1. The van der Waals surface area contributed by atoms with Crippen molar-refractivity contribution in [3.05, 3.63) is 29.8 Å². The minimum atomic E-state index is -0.480.